The number of rotatable bonds is 8. The first-order valence-corrected chi connectivity index (χ1v) is 13.5. The lowest BCUT2D eigenvalue weighted by Gasteiger charge is -2.21. The largest absolute Gasteiger partial charge is 0.416 e. The molecule has 1 saturated carbocycles. The van der Waals surface area contributed by atoms with Crippen molar-refractivity contribution < 1.29 is 9.21 Å². The summed E-state index contributed by atoms with van der Waals surface area (Å²) in [7, 11) is 0. The van der Waals surface area contributed by atoms with E-state index in [4.69, 9.17) is 21.1 Å². The number of aromatic nitrogens is 2. The quantitative estimate of drug-likeness (QED) is 0.336. The SMILES string of the molecule is O=C(CSc1nnc(CCC2CCCC2)o1)N1N=C(c2cccs2)CC1c1ccc(Cl)cc1. The van der Waals surface area contributed by atoms with Crippen molar-refractivity contribution in [3.8, 4) is 0 Å². The molecule has 1 aliphatic carbocycles. The molecule has 172 valence electrons. The van der Waals surface area contributed by atoms with Crippen molar-refractivity contribution in [1.82, 2.24) is 15.2 Å². The third-order valence-electron chi connectivity index (χ3n) is 6.23. The summed E-state index contributed by atoms with van der Waals surface area (Å²) >= 11 is 8.98. The average molecular weight is 501 g/mol. The van der Waals surface area contributed by atoms with E-state index in [1.54, 1.807) is 16.3 Å². The van der Waals surface area contributed by atoms with Crippen molar-refractivity contribution in [3.05, 3.63) is 63.1 Å². The Hall–Kier alpha value is -2.16. The van der Waals surface area contributed by atoms with Crippen LogP contribution in [0.25, 0.3) is 0 Å². The van der Waals surface area contributed by atoms with Gasteiger partial charge in [0.05, 0.1) is 22.4 Å². The van der Waals surface area contributed by atoms with Crippen molar-refractivity contribution >= 4 is 46.3 Å². The Bertz CT molecular complexity index is 1110. The number of amides is 1. The highest BCUT2D eigenvalue weighted by Crippen LogP contribution is 2.35. The van der Waals surface area contributed by atoms with E-state index in [1.807, 2.05) is 41.8 Å². The van der Waals surface area contributed by atoms with E-state index < -0.39 is 0 Å². The van der Waals surface area contributed by atoms with Gasteiger partial charge in [0.15, 0.2) is 0 Å². The van der Waals surface area contributed by atoms with E-state index in [-0.39, 0.29) is 17.7 Å². The number of carbonyl (C=O) groups excluding carboxylic acids is 1. The molecule has 9 heteroatoms. The summed E-state index contributed by atoms with van der Waals surface area (Å²) in [5.74, 6) is 1.55. The molecule has 1 aromatic carbocycles. The van der Waals surface area contributed by atoms with Gasteiger partial charge in [-0.15, -0.1) is 21.5 Å². The van der Waals surface area contributed by atoms with E-state index in [9.17, 15) is 4.79 Å². The molecule has 3 aromatic rings. The number of benzene rings is 1. The van der Waals surface area contributed by atoms with E-state index in [2.05, 4.69) is 10.2 Å². The second-order valence-electron chi connectivity index (χ2n) is 8.47. The Morgan fingerprint density at radius 1 is 1.18 bits per heavy atom. The molecule has 5 rings (SSSR count). The molecule has 0 bridgehead atoms. The zero-order valence-electron chi connectivity index (χ0n) is 18.2. The molecule has 1 unspecified atom stereocenters. The molecule has 33 heavy (non-hydrogen) atoms. The number of hydrogen-bond acceptors (Lipinski definition) is 7. The van der Waals surface area contributed by atoms with E-state index in [0.717, 1.165) is 34.9 Å². The van der Waals surface area contributed by atoms with Crippen LogP contribution in [0.15, 0.2) is 56.5 Å². The molecule has 0 spiro atoms. The monoisotopic (exact) mass is 500 g/mol. The van der Waals surface area contributed by atoms with Gasteiger partial charge in [-0.25, -0.2) is 5.01 Å². The number of hydrazone groups is 1. The summed E-state index contributed by atoms with van der Waals surface area (Å²) < 4.78 is 5.78. The molecule has 2 aliphatic rings. The molecule has 1 amide bonds. The van der Waals surface area contributed by atoms with E-state index >= 15 is 0 Å². The second-order valence-corrected chi connectivity index (χ2v) is 10.8. The van der Waals surface area contributed by atoms with Crippen LogP contribution < -0.4 is 0 Å². The fourth-order valence-electron chi connectivity index (χ4n) is 4.49. The van der Waals surface area contributed by atoms with Gasteiger partial charge in [0.25, 0.3) is 11.1 Å². The molecular weight excluding hydrogens is 476 g/mol. The van der Waals surface area contributed by atoms with Crippen LogP contribution in [0.2, 0.25) is 5.02 Å². The fourth-order valence-corrected chi connectivity index (χ4v) is 5.97. The van der Waals surface area contributed by atoms with Gasteiger partial charge in [-0.3, -0.25) is 4.79 Å². The highest BCUT2D eigenvalue weighted by atomic mass is 35.5. The van der Waals surface area contributed by atoms with Crippen molar-refractivity contribution in [2.75, 3.05) is 5.75 Å². The minimum absolute atomic E-state index is 0.0859. The molecule has 1 aliphatic heterocycles. The number of nitrogens with zero attached hydrogens (tertiary/aromatic N) is 4. The highest BCUT2D eigenvalue weighted by Gasteiger charge is 2.33. The second kappa shape index (κ2) is 10.4. The van der Waals surface area contributed by atoms with Gasteiger partial charge >= 0.3 is 0 Å². The van der Waals surface area contributed by atoms with Gasteiger partial charge in [0.1, 0.15) is 0 Å². The number of thioether (sulfide) groups is 1. The third kappa shape index (κ3) is 5.50. The van der Waals surface area contributed by atoms with Gasteiger partial charge in [0, 0.05) is 17.9 Å². The predicted octanol–water partition coefficient (Wildman–Crippen LogP) is 6.38. The Labute approximate surface area is 206 Å². The van der Waals surface area contributed by atoms with Gasteiger partial charge in [-0.1, -0.05) is 67.2 Å². The maximum absolute atomic E-state index is 13.2. The van der Waals surface area contributed by atoms with E-state index in [0.29, 0.717) is 22.6 Å². The zero-order valence-corrected chi connectivity index (χ0v) is 20.5. The summed E-state index contributed by atoms with van der Waals surface area (Å²) in [6.45, 7) is 0. The minimum Gasteiger partial charge on any atom is -0.416 e. The first kappa shape index (κ1) is 22.6. The van der Waals surface area contributed by atoms with Crippen LogP contribution in [-0.4, -0.2) is 32.6 Å². The first-order valence-electron chi connectivity index (χ1n) is 11.3. The minimum atomic E-state index is -0.155. The number of aryl methyl sites for hydroxylation is 1. The molecular formula is C24H25ClN4O2S2. The van der Waals surface area contributed by atoms with Crippen LogP contribution in [-0.2, 0) is 11.2 Å². The molecule has 1 atom stereocenters. The lowest BCUT2D eigenvalue weighted by Crippen LogP contribution is -2.28. The van der Waals surface area contributed by atoms with Crippen molar-refractivity contribution in [1.29, 1.82) is 0 Å². The molecule has 0 saturated heterocycles. The maximum Gasteiger partial charge on any atom is 0.277 e. The van der Waals surface area contributed by atoms with Gasteiger partial charge in [0.2, 0.25) is 5.89 Å². The fraction of sp³-hybridized carbons (Fsp3) is 0.417. The number of carbonyl (C=O) groups is 1. The predicted molar refractivity (Wildman–Crippen MR) is 132 cm³/mol. The lowest BCUT2D eigenvalue weighted by molar-refractivity contribution is -0.130. The highest BCUT2D eigenvalue weighted by molar-refractivity contribution is 7.99. The van der Waals surface area contributed by atoms with Gasteiger partial charge in [-0.2, -0.15) is 5.10 Å². The Balaban J connectivity index is 1.24. The summed E-state index contributed by atoms with van der Waals surface area (Å²) in [5, 5.41) is 17.7. The first-order chi connectivity index (χ1) is 16.2. The molecule has 6 nitrogen and oxygen atoms in total. The van der Waals surface area contributed by atoms with Crippen molar-refractivity contribution in [2.24, 2.45) is 11.0 Å². The third-order valence-corrected chi connectivity index (χ3v) is 8.21. The Kier molecular flexibility index (Phi) is 7.13. The zero-order chi connectivity index (χ0) is 22.6. The molecule has 0 radical (unpaired) electrons. The van der Waals surface area contributed by atoms with Crippen molar-refractivity contribution in [2.45, 2.75) is 56.2 Å². The number of halogens is 1. The lowest BCUT2D eigenvalue weighted by atomic mass is 10.0. The Morgan fingerprint density at radius 2 is 2.00 bits per heavy atom. The van der Waals surface area contributed by atoms with Gasteiger partial charge < -0.3 is 4.42 Å². The maximum atomic E-state index is 13.2. The summed E-state index contributed by atoms with van der Waals surface area (Å²) in [6.07, 6.45) is 7.87. The number of hydrogen-bond donors (Lipinski definition) is 0. The van der Waals surface area contributed by atoms with Crippen LogP contribution in [0.3, 0.4) is 0 Å². The smallest absolute Gasteiger partial charge is 0.277 e. The van der Waals surface area contributed by atoms with Gasteiger partial charge in [-0.05, 0) is 41.5 Å². The topological polar surface area (TPSA) is 71.6 Å². The Morgan fingerprint density at radius 3 is 2.76 bits per heavy atom. The average Bonchev–Trinajstić information content (AvgIpc) is 3.62. The van der Waals surface area contributed by atoms with E-state index in [1.165, 1.54) is 37.4 Å². The molecule has 3 heterocycles. The van der Waals surface area contributed by atoms with Crippen LogP contribution in [0.5, 0.6) is 0 Å². The normalized spacial score (nSPS) is 18.8. The van der Waals surface area contributed by atoms with Crippen LogP contribution in [0, 0.1) is 5.92 Å². The van der Waals surface area contributed by atoms with Crippen LogP contribution in [0.4, 0.5) is 0 Å². The summed E-state index contributed by atoms with van der Waals surface area (Å²) in [4.78, 5) is 14.3. The number of thiophene rings is 1. The summed E-state index contributed by atoms with van der Waals surface area (Å²) in [6, 6.07) is 11.5. The van der Waals surface area contributed by atoms with Crippen LogP contribution in [0.1, 0.15) is 60.9 Å². The summed E-state index contributed by atoms with van der Waals surface area (Å²) in [5.41, 5.74) is 1.94. The van der Waals surface area contributed by atoms with Crippen LogP contribution >= 0.6 is 34.7 Å². The molecule has 2 aromatic heterocycles. The standard InChI is InChI=1S/C24H25ClN4O2S2/c25-18-10-8-17(9-11-18)20-14-19(21-6-3-13-32-21)28-29(20)23(30)15-33-24-27-26-22(31-24)12-7-16-4-1-2-5-16/h3,6,8-11,13,16,20H,1-2,4-5,7,12,14-15H2. The molecule has 0 N–H and O–H groups in total. The molecule has 1 fully saturated rings. The van der Waals surface area contributed by atoms with Crippen molar-refractivity contribution in [3.63, 3.8) is 0 Å².